The van der Waals surface area contributed by atoms with Crippen molar-refractivity contribution < 1.29 is 9.47 Å². The molecule has 20 heavy (non-hydrogen) atoms. The lowest BCUT2D eigenvalue weighted by atomic mass is 9.69. The maximum Gasteiger partial charge on any atom is 0.167 e. The molecule has 1 aliphatic carbocycles. The summed E-state index contributed by atoms with van der Waals surface area (Å²) in [6.07, 6.45) is 9.52. The van der Waals surface area contributed by atoms with Gasteiger partial charge in [0.2, 0.25) is 0 Å². The topological polar surface area (TPSA) is 30.5 Å². The maximum atomic E-state index is 6.32. The molecular formula is C17H21NO2. The van der Waals surface area contributed by atoms with Crippen molar-refractivity contribution >= 4 is 5.69 Å². The lowest BCUT2D eigenvalue weighted by Crippen LogP contribution is -2.38. The summed E-state index contributed by atoms with van der Waals surface area (Å²) in [6, 6.07) is 4.67. The van der Waals surface area contributed by atoms with Gasteiger partial charge < -0.3 is 14.8 Å². The van der Waals surface area contributed by atoms with Crippen LogP contribution in [0.15, 0.2) is 24.3 Å². The standard InChI is InChI=1S/C17H21NO2/c1-11-8-10-17-9-4-3-5-14(17)20-16-13(19-2)7-6-12(18-11)15(16)17/h4,6-7,9,11,14,18H,3,5,8,10H2,1-2H3/t11?,14-,17-/m1/s1. The van der Waals surface area contributed by atoms with E-state index in [2.05, 4.69) is 30.5 Å². The molecule has 0 fully saturated rings. The normalized spacial score (nSPS) is 33.5. The molecule has 1 spiro atoms. The third-order valence-electron chi connectivity index (χ3n) is 5.05. The van der Waals surface area contributed by atoms with E-state index in [0.717, 1.165) is 30.8 Å². The molecule has 3 atom stereocenters. The van der Waals surface area contributed by atoms with Gasteiger partial charge >= 0.3 is 0 Å². The Balaban J connectivity index is 1.98. The van der Waals surface area contributed by atoms with Gasteiger partial charge in [-0.1, -0.05) is 12.2 Å². The Morgan fingerprint density at radius 2 is 2.25 bits per heavy atom. The van der Waals surface area contributed by atoms with Crippen molar-refractivity contribution in [2.75, 3.05) is 12.4 Å². The lowest BCUT2D eigenvalue weighted by molar-refractivity contribution is 0.145. The molecule has 4 rings (SSSR count). The van der Waals surface area contributed by atoms with E-state index in [0.29, 0.717) is 6.04 Å². The molecule has 0 amide bonds. The number of methoxy groups -OCH3 is 1. The van der Waals surface area contributed by atoms with Gasteiger partial charge in [-0.3, -0.25) is 0 Å². The highest BCUT2D eigenvalue weighted by Gasteiger charge is 2.51. The van der Waals surface area contributed by atoms with Gasteiger partial charge in [-0.25, -0.2) is 0 Å². The first-order valence-electron chi connectivity index (χ1n) is 7.57. The van der Waals surface area contributed by atoms with Crippen LogP contribution in [0.4, 0.5) is 5.69 Å². The average Bonchev–Trinajstić information content (AvgIpc) is 2.74. The smallest absolute Gasteiger partial charge is 0.167 e. The van der Waals surface area contributed by atoms with Crippen LogP contribution in [-0.4, -0.2) is 19.3 Å². The average molecular weight is 271 g/mol. The van der Waals surface area contributed by atoms with Crippen molar-refractivity contribution in [1.29, 1.82) is 0 Å². The van der Waals surface area contributed by atoms with Crippen LogP contribution in [0, 0.1) is 0 Å². The molecule has 1 unspecified atom stereocenters. The third-order valence-corrected chi connectivity index (χ3v) is 5.05. The Hall–Kier alpha value is -1.64. The fourth-order valence-electron chi connectivity index (χ4n) is 4.04. The second-order valence-corrected chi connectivity index (χ2v) is 6.23. The van der Waals surface area contributed by atoms with Crippen LogP contribution in [0.1, 0.15) is 38.2 Å². The molecule has 3 aliphatic rings. The monoisotopic (exact) mass is 271 g/mol. The molecule has 0 aromatic heterocycles. The minimum atomic E-state index is 0.0508. The van der Waals surface area contributed by atoms with Crippen LogP contribution in [-0.2, 0) is 5.41 Å². The zero-order valence-corrected chi connectivity index (χ0v) is 12.1. The fourth-order valence-corrected chi connectivity index (χ4v) is 4.04. The molecule has 106 valence electrons. The summed E-state index contributed by atoms with van der Waals surface area (Å²) in [5.41, 5.74) is 2.59. The van der Waals surface area contributed by atoms with E-state index in [1.165, 1.54) is 17.7 Å². The van der Waals surface area contributed by atoms with Crippen molar-refractivity contribution in [3.05, 3.63) is 29.8 Å². The Morgan fingerprint density at radius 3 is 3.10 bits per heavy atom. The van der Waals surface area contributed by atoms with Gasteiger partial charge in [0.15, 0.2) is 11.5 Å². The maximum absolute atomic E-state index is 6.32. The second kappa shape index (κ2) is 4.18. The van der Waals surface area contributed by atoms with E-state index in [9.17, 15) is 0 Å². The van der Waals surface area contributed by atoms with Crippen LogP contribution in [0.3, 0.4) is 0 Å². The largest absolute Gasteiger partial charge is 0.493 e. The van der Waals surface area contributed by atoms with Gasteiger partial charge in [0.25, 0.3) is 0 Å². The van der Waals surface area contributed by atoms with Crippen LogP contribution in [0.5, 0.6) is 11.5 Å². The Labute approximate surface area is 120 Å². The van der Waals surface area contributed by atoms with Crippen molar-refractivity contribution in [3.8, 4) is 11.5 Å². The number of rotatable bonds is 1. The molecule has 0 saturated carbocycles. The van der Waals surface area contributed by atoms with Crippen LogP contribution >= 0.6 is 0 Å². The Morgan fingerprint density at radius 1 is 1.35 bits per heavy atom. The third kappa shape index (κ3) is 1.46. The predicted octanol–water partition coefficient (Wildman–Crippen LogP) is 3.64. The van der Waals surface area contributed by atoms with Crippen molar-refractivity contribution in [2.45, 2.75) is 50.2 Å². The van der Waals surface area contributed by atoms with E-state index < -0.39 is 0 Å². The van der Waals surface area contributed by atoms with Crippen LogP contribution in [0.25, 0.3) is 0 Å². The molecule has 2 heterocycles. The summed E-state index contributed by atoms with van der Waals surface area (Å²) in [6.45, 7) is 2.26. The molecule has 0 radical (unpaired) electrons. The van der Waals surface area contributed by atoms with Crippen molar-refractivity contribution in [3.63, 3.8) is 0 Å². The zero-order valence-electron chi connectivity index (χ0n) is 12.1. The number of hydrogen-bond acceptors (Lipinski definition) is 3. The predicted molar refractivity (Wildman–Crippen MR) is 79.8 cm³/mol. The highest BCUT2D eigenvalue weighted by molar-refractivity contribution is 5.70. The summed E-state index contributed by atoms with van der Waals surface area (Å²) < 4.78 is 11.8. The lowest BCUT2D eigenvalue weighted by Gasteiger charge is -2.33. The second-order valence-electron chi connectivity index (χ2n) is 6.23. The number of ether oxygens (including phenoxy) is 2. The van der Waals surface area contributed by atoms with Gasteiger partial charge in [0.1, 0.15) is 6.10 Å². The van der Waals surface area contributed by atoms with E-state index >= 15 is 0 Å². The fraction of sp³-hybridized carbons (Fsp3) is 0.529. The molecule has 3 heteroatoms. The molecule has 3 nitrogen and oxygen atoms in total. The molecular weight excluding hydrogens is 250 g/mol. The number of hydrogen-bond donors (Lipinski definition) is 1. The summed E-state index contributed by atoms with van der Waals surface area (Å²) in [7, 11) is 1.72. The van der Waals surface area contributed by atoms with Gasteiger partial charge in [0.05, 0.1) is 12.5 Å². The van der Waals surface area contributed by atoms with Crippen LogP contribution < -0.4 is 14.8 Å². The van der Waals surface area contributed by atoms with E-state index in [4.69, 9.17) is 9.47 Å². The van der Waals surface area contributed by atoms with Crippen molar-refractivity contribution in [2.24, 2.45) is 0 Å². The summed E-state index contributed by atoms with van der Waals surface area (Å²) in [5.74, 6) is 1.82. The minimum absolute atomic E-state index is 0.0508. The zero-order chi connectivity index (χ0) is 13.7. The first-order valence-corrected chi connectivity index (χ1v) is 7.57. The first-order chi connectivity index (χ1) is 9.74. The van der Waals surface area contributed by atoms with Gasteiger partial charge in [0, 0.05) is 17.3 Å². The summed E-state index contributed by atoms with van der Waals surface area (Å²) in [5, 5.41) is 3.64. The molecule has 1 aromatic rings. The molecule has 0 saturated heterocycles. The first kappa shape index (κ1) is 12.1. The molecule has 1 N–H and O–H groups in total. The Kier molecular flexibility index (Phi) is 2.53. The minimum Gasteiger partial charge on any atom is -0.493 e. The van der Waals surface area contributed by atoms with E-state index in [-0.39, 0.29) is 11.5 Å². The summed E-state index contributed by atoms with van der Waals surface area (Å²) in [4.78, 5) is 0. The van der Waals surface area contributed by atoms with E-state index in [1.54, 1.807) is 7.11 Å². The number of benzene rings is 1. The Bertz CT molecular complexity index is 581. The van der Waals surface area contributed by atoms with E-state index in [1.807, 2.05) is 6.07 Å². The van der Waals surface area contributed by atoms with Gasteiger partial charge in [-0.15, -0.1) is 0 Å². The SMILES string of the molecule is COc1ccc2c3c1O[C@@H]1CCC=C[C@]31CCC(C)N2. The number of anilines is 1. The van der Waals surface area contributed by atoms with Gasteiger partial charge in [-0.2, -0.15) is 0 Å². The highest BCUT2D eigenvalue weighted by Crippen LogP contribution is 2.57. The molecule has 1 aromatic carbocycles. The van der Waals surface area contributed by atoms with Gasteiger partial charge in [-0.05, 0) is 44.7 Å². The number of allylic oxidation sites excluding steroid dienone is 1. The summed E-state index contributed by atoms with van der Waals surface area (Å²) >= 11 is 0. The molecule has 2 aliphatic heterocycles. The van der Waals surface area contributed by atoms with Crippen molar-refractivity contribution in [1.82, 2.24) is 0 Å². The quantitative estimate of drug-likeness (QED) is 0.791. The van der Waals surface area contributed by atoms with Crippen LogP contribution in [0.2, 0.25) is 0 Å². The number of nitrogens with one attached hydrogen (secondary N) is 1. The highest BCUT2D eigenvalue weighted by atomic mass is 16.5. The molecule has 0 bridgehead atoms.